The molecule has 0 fully saturated rings. The summed E-state index contributed by atoms with van der Waals surface area (Å²) in [5.74, 6) is 0. The average molecular weight is 270 g/mol. The molecule has 4 nitrogen and oxygen atoms in total. The minimum atomic E-state index is 0.776. The SMILES string of the molecule is Nc1c(NCCc2cscn2)ccc2cnccc12. The van der Waals surface area contributed by atoms with E-state index in [9.17, 15) is 0 Å². The molecule has 2 aromatic heterocycles. The standard InChI is InChI=1S/C14H14N4S/c15-14-12-4-5-16-7-10(12)1-2-13(14)17-6-3-11-8-19-9-18-11/h1-2,4-5,7-9,17H,3,6,15H2. The zero-order valence-corrected chi connectivity index (χ0v) is 11.2. The first-order valence-corrected chi connectivity index (χ1v) is 7.02. The molecular formula is C14H14N4S. The molecule has 0 unspecified atom stereocenters. The van der Waals surface area contributed by atoms with Gasteiger partial charge in [-0.15, -0.1) is 11.3 Å². The lowest BCUT2D eigenvalue weighted by molar-refractivity contribution is 0.978. The number of hydrogen-bond donors (Lipinski definition) is 2. The summed E-state index contributed by atoms with van der Waals surface area (Å²) in [6.07, 6.45) is 4.49. The first-order chi connectivity index (χ1) is 9.34. The van der Waals surface area contributed by atoms with E-state index in [1.54, 1.807) is 17.5 Å². The Labute approximate surface area is 115 Å². The smallest absolute Gasteiger partial charge is 0.0794 e. The lowest BCUT2D eigenvalue weighted by atomic mass is 10.1. The van der Waals surface area contributed by atoms with Crippen molar-refractivity contribution in [3.05, 3.63) is 47.2 Å². The molecule has 3 N–H and O–H groups in total. The Morgan fingerprint density at radius 2 is 2.21 bits per heavy atom. The van der Waals surface area contributed by atoms with Crippen LogP contribution in [-0.4, -0.2) is 16.5 Å². The van der Waals surface area contributed by atoms with Gasteiger partial charge in [0, 0.05) is 41.5 Å². The third-order valence-electron chi connectivity index (χ3n) is 3.04. The fourth-order valence-electron chi connectivity index (χ4n) is 2.03. The topological polar surface area (TPSA) is 63.8 Å². The van der Waals surface area contributed by atoms with Gasteiger partial charge in [0.2, 0.25) is 0 Å². The Balaban J connectivity index is 1.76. The van der Waals surface area contributed by atoms with Gasteiger partial charge in [0.05, 0.1) is 22.6 Å². The van der Waals surface area contributed by atoms with Gasteiger partial charge in [-0.05, 0) is 12.1 Å². The van der Waals surface area contributed by atoms with E-state index in [1.807, 2.05) is 29.9 Å². The van der Waals surface area contributed by atoms with Gasteiger partial charge in [-0.25, -0.2) is 4.98 Å². The number of thiazole rings is 1. The third-order valence-corrected chi connectivity index (χ3v) is 3.68. The molecule has 0 saturated heterocycles. The Morgan fingerprint density at radius 1 is 1.26 bits per heavy atom. The van der Waals surface area contributed by atoms with E-state index in [2.05, 4.69) is 20.7 Å². The summed E-state index contributed by atoms with van der Waals surface area (Å²) in [4.78, 5) is 8.36. The number of nitrogens with one attached hydrogen (secondary N) is 1. The number of hydrogen-bond acceptors (Lipinski definition) is 5. The van der Waals surface area contributed by atoms with Gasteiger partial charge in [-0.3, -0.25) is 4.98 Å². The molecule has 0 aliphatic rings. The summed E-state index contributed by atoms with van der Waals surface area (Å²) in [6.45, 7) is 0.824. The van der Waals surface area contributed by atoms with Crippen LogP contribution in [0.15, 0.2) is 41.5 Å². The van der Waals surface area contributed by atoms with Crippen molar-refractivity contribution < 1.29 is 0 Å². The number of nitrogens with two attached hydrogens (primary N) is 1. The molecule has 3 rings (SSSR count). The third kappa shape index (κ3) is 2.51. The summed E-state index contributed by atoms with van der Waals surface area (Å²) in [5.41, 5.74) is 10.9. The molecule has 2 heterocycles. The summed E-state index contributed by atoms with van der Waals surface area (Å²) in [6, 6.07) is 5.97. The van der Waals surface area contributed by atoms with Gasteiger partial charge in [0.15, 0.2) is 0 Å². The Kier molecular flexibility index (Phi) is 3.29. The highest BCUT2D eigenvalue weighted by molar-refractivity contribution is 7.07. The second-order valence-corrected chi connectivity index (χ2v) is 5.00. The van der Waals surface area contributed by atoms with Crippen molar-refractivity contribution in [1.82, 2.24) is 9.97 Å². The van der Waals surface area contributed by atoms with Crippen LogP contribution in [0.1, 0.15) is 5.69 Å². The van der Waals surface area contributed by atoms with Crippen LogP contribution in [0.4, 0.5) is 11.4 Å². The van der Waals surface area contributed by atoms with Gasteiger partial charge in [-0.1, -0.05) is 6.07 Å². The van der Waals surface area contributed by atoms with Crippen LogP contribution in [0.3, 0.4) is 0 Å². The van der Waals surface area contributed by atoms with Crippen molar-refractivity contribution in [2.45, 2.75) is 6.42 Å². The van der Waals surface area contributed by atoms with Crippen molar-refractivity contribution in [1.29, 1.82) is 0 Å². The molecule has 0 aliphatic heterocycles. The second kappa shape index (κ2) is 5.24. The van der Waals surface area contributed by atoms with E-state index >= 15 is 0 Å². The molecule has 96 valence electrons. The minimum absolute atomic E-state index is 0.776. The molecule has 0 bridgehead atoms. The van der Waals surface area contributed by atoms with Crippen LogP contribution in [0.2, 0.25) is 0 Å². The van der Waals surface area contributed by atoms with Gasteiger partial charge in [0.1, 0.15) is 0 Å². The number of rotatable bonds is 4. The Bertz CT molecular complexity index is 679. The van der Waals surface area contributed by atoms with Gasteiger partial charge in [-0.2, -0.15) is 0 Å². The van der Waals surface area contributed by atoms with E-state index in [0.29, 0.717) is 0 Å². The maximum absolute atomic E-state index is 6.17. The molecular weight excluding hydrogens is 256 g/mol. The molecule has 1 aromatic carbocycles. The van der Waals surface area contributed by atoms with Crippen LogP contribution in [0.5, 0.6) is 0 Å². The molecule has 0 amide bonds. The number of pyridine rings is 1. The predicted molar refractivity (Wildman–Crippen MR) is 80.5 cm³/mol. The first kappa shape index (κ1) is 11.9. The summed E-state index contributed by atoms with van der Waals surface area (Å²) in [7, 11) is 0. The minimum Gasteiger partial charge on any atom is -0.397 e. The number of nitrogens with zero attached hydrogens (tertiary/aromatic N) is 2. The van der Waals surface area contributed by atoms with Crippen LogP contribution >= 0.6 is 11.3 Å². The number of anilines is 2. The Morgan fingerprint density at radius 3 is 3.05 bits per heavy atom. The van der Waals surface area contributed by atoms with E-state index in [0.717, 1.165) is 40.8 Å². The van der Waals surface area contributed by atoms with E-state index in [1.165, 1.54) is 0 Å². The lowest BCUT2D eigenvalue weighted by Crippen LogP contribution is -2.07. The van der Waals surface area contributed by atoms with Gasteiger partial charge >= 0.3 is 0 Å². The highest BCUT2D eigenvalue weighted by atomic mass is 32.1. The summed E-state index contributed by atoms with van der Waals surface area (Å²) in [5, 5.41) is 7.53. The number of benzene rings is 1. The van der Waals surface area contributed by atoms with Crippen molar-refractivity contribution >= 4 is 33.5 Å². The zero-order valence-electron chi connectivity index (χ0n) is 10.3. The van der Waals surface area contributed by atoms with Crippen molar-refractivity contribution in [2.24, 2.45) is 0 Å². The maximum atomic E-state index is 6.17. The van der Waals surface area contributed by atoms with Crippen molar-refractivity contribution in [3.63, 3.8) is 0 Å². The summed E-state index contributed by atoms with van der Waals surface area (Å²) >= 11 is 1.62. The van der Waals surface area contributed by atoms with Gasteiger partial charge in [0.25, 0.3) is 0 Å². The molecule has 0 atom stereocenters. The molecule has 3 aromatic rings. The van der Waals surface area contributed by atoms with Crippen LogP contribution < -0.4 is 11.1 Å². The molecule has 0 saturated carbocycles. The fraction of sp³-hybridized carbons (Fsp3) is 0.143. The largest absolute Gasteiger partial charge is 0.397 e. The maximum Gasteiger partial charge on any atom is 0.0794 e. The first-order valence-electron chi connectivity index (χ1n) is 6.08. The van der Waals surface area contributed by atoms with Crippen molar-refractivity contribution in [2.75, 3.05) is 17.6 Å². The fourth-order valence-corrected chi connectivity index (χ4v) is 2.63. The van der Waals surface area contributed by atoms with E-state index in [-0.39, 0.29) is 0 Å². The van der Waals surface area contributed by atoms with Crippen LogP contribution in [-0.2, 0) is 6.42 Å². The van der Waals surface area contributed by atoms with E-state index < -0.39 is 0 Å². The average Bonchev–Trinajstić information content (AvgIpc) is 2.95. The number of aromatic nitrogens is 2. The van der Waals surface area contributed by atoms with Gasteiger partial charge < -0.3 is 11.1 Å². The normalized spacial score (nSPS) is 10.7. The highest BCUT2D eigenvalue weighted by Gasteiger charge is 2.04. The zero-order chi connectivity index (χ0) is 13.1. The highest BCUT2D eigenvalue weighted by Crippen LogP contribution is 2.27. The quantitative estimate of drug-likeness (QED) is 0.715. The van der Waals surface area contributed by atoms with Crippen molar-refractivity contribution in [3.8, 4) is 0 Å². The van der Waals surface area contributed by atoms with Crippen LogP contribution in [0, 0.1) is 0 Å². The molecule has 0 spiro atoms. The second-order valence-electron chi connectivity index (χ2n) is 4.28. The Hall–Kier alpha value is -2.14. The van der Waals surface area contributed by atoms with E-state index in [4.69, 9.17) is 5.73 Å². The number of nitrogen functional groups attached to an aromatic ring is 1. The summed E-state index contributed by atoms with van der Waals surface area (Å²) < 4.78 is 0. The molecule has 5 heteroatoms. The molecule has 0 aliphatic carbocycles. The molecule has 0 radical (unpaired) electrons. The number of fused-ring (bicyclic) bond motifs is 1. The monoisotopic (exact) mass is 270 g/mol. The lowest BCUT2D eigenvalue weighted by Gasteiger charge is -2.11. The predicted octanol–water partition coefficient (Wildman–Crippen LogP) is 2.93. The molecule has 19 heavy (non-hydrogen) atoms. The van der Waals surface area contributed by atoms with Crippen LogP contribution in [0.25, 0.3) is 10.8 Å².